The molecule has 1 aromatic heterocycles. The molecular formula is C13H14N4O. The van der Waals surface area contributed by atoms with Gasteiger partial charge in [-0.15, -0.1) is 0 Å². The summed E-state index contributed by atoms with van der Waals surface area (Å²) < 4.78 is 0. The van der Waals surface area contributed by atoms with Crippen LogP contribution in [0.5, 0.6) is 0 Å². The minimum absolute atomic E-state index is 0.172. The molecule has 5 nitrogen and oxygen atoms in total. The number of aryl methyl sites for hydroxylation is 1. The lowest BCUT2D eigenvalue weighted by Crippen LogP contribution is -2.13. The predicted octanol–water partition coefficient (Wildman–Crippen LogP) is 1.93. The van der Waals surface area contributed by atoms with Crippen molar-refractivity contribution in [1.29, 1.82) is 0 Å². The fraction of sp³-hybridized carbons (Fsp3) is 0.0769. The maximum absolute atomic E-state index is 12.0. The molecule has 4 N–H and O–H groups in total. The van der Waals surface area contributed by atoms with Crippen LogP contribution in [-0.4, -0.2) is 10.9 Å². The molecule has 1 amide bonds. The summed E-state index contributed by atoms with van der Waals surface area (Å²) in [6.07, 6.45) is 3.32. The fourth-order valence-corrected chi connectivity index (χ4v) is 1.51. The Kier molecular flexibility index (Phi) is 3.54. The Hall–Kier alpha value is -2.40. The van der Waals surface area contributed by atoms with Crippen molar-refractivity contribution in [2.45, 2.75) is 6.92 Å². The molecule has 0 atom stereocenters. The Bertz CT molecular complexity index is 551. The third kappa shape index (κ3) is 2.64. The molecule has 0 aliphatic carbocycles. The Balaban J connectivity index is 2.14. The maximum Gasteiger partial charge on any atom is 0.255 e. The van der Waals surface area contributed by atoms with E-state index in [1.807, 2.05) is 13.0 Å². The Morgan fingerprint density at radius 2 is 1.94 bits per heavy atom. The van der Waals surface area contributed by atoms with Gasteiger partial charge in [0.2, 0.25) is 0 Å². The van der Waals surface area contributed by atoms with E-state index in [1.54, 1.807) is 36.7 Å². The van der Waals surface area contributed by atoms with Crippen molar-refractivity contribution in [3.05, 3.63) is 53.9 Å². The quantitative estimate of drug-likeness (QED) is 0.567. The van der Waals surface area contributed by atoms with Gasteiger partial charge in [-0.25, -0.2) is 0 Å². The number of nitrogens with one attached hydrogen (secondary N) is 2. The second-order valence-electron chi connectivity index (χ2n) is 3.87. The van der Waals surface area contributed by atoms with Gasteiger partial charge in [0.25, 0.3) is 5.91 Å². The highest BCUT2D eigenvalue weighted by Crippen LogP contribution is 2.14. The number of nitrogens with zero attached hydrogens (tertiary/aromatic N) is 1. The number of nitrogen functional groups attached to an aromatic ring is 1. The molecule has 0 saturated heterocycles. The van der Waals surface area contributed by atoms with E-state index < -0.39 is 0 Å². The van der Waals surface area contributed by atoms with Crippen LogP contribution in [0.25, 0.3) is 0 Å². The van der Waals surface area contributed by atoms with Crippen LogP contribution in [0.3, 0.4) is 0 Å². The standard InChI is InChI=1S/C13H14N4O/c1-9-6-7-15-8-12(9)16-13(18)10-2-4-11(17-14)5-3-10/h2-8,17H,14H2,1H3,(H,16,18). The number of nitrogens with two attached hydrogens (primary N) is 1. The number of benzene rings is 1. The third-order valence-electron chi connectivity index (χ3n) is 2.60. The summed E-state index contributed by atoms with van der Waals surface area (Å²) in [5, 5.41) is 2.81. The molecule has 0 aliphatic rings. The molecule has 5 heteroatoms. The molecule has 18 heavy (non-hydrogen) atoms. The molecule has 0 saturated carbocycles. The second kappa shape index (κ2) is 5.29. The van der Waals surface area contributed by atoms with Crippen molar-refractivity contribution in [1.82, 2.24) is 4.98 Å². The number of anilines is 2. The molecule has 0 spiro atoms. The van der Waals surface area contributed by atoms with Gasteiger partial charge in [0, 0.05) is 17.4 Å². The molecule has 0 bridgehead atoms. The Morgan fingerprint density at radius 1 is 1.22 bits per heavy atom. The van der Waals surface area contributed by atoms with Crippen LogP contribution < -0.4 is 16.6 Å². The van der Waals surface area contributed by atoms with Gasteiger partial charge < -0.3 is 10.7 Å². The average Bonchev–Trinajstić information content (AvgIpc) is 2.41. The van der Waals surface area contributed by atoms with Gasteiger partial charge in [-0.2, -0.15) is 0 Å². The second-order valence-corrected chi connectivity index (χ2v) is 3.87. The van der Waals surface area contributed by atoms with Crippen LogP contribution in [0.4, 0.5) is 11.4 Å². The zero-order valence-corrected chi connectivity index (χ0v) is 9.97. The lowest BCUT2D eigenvalue weighted by atomic mass is 10.2. The van der Waals surface area contributed by atoms with Crippen LogP contribution >= 0.6 is 0 Å². The molecule has 1 aromatic carbocycles. The number of hydrogen-bond donors (Lipinski definition) is 3. The number of hydrazine groups is 1. The van der Waals surface area contributed by atoms with Crippen molar-refractivity contribution in [2.24, 2.45) is 5.84 Å². The number of pyridine rings is 1. The van der Waals surface area contributed by atoms with E-state index in [1.165, 1.54) is 0 Å². The normalized spacial score (nSPS) is 9.89. The highest BCUT2D eigenvalue weighted by molar-refractivity contribution is 6.04. The largest absolute Gasteiger partial charge is 0.324 e. The summed E-state index contributed by atoms with van der Waals surface area (Å²) in [7, 11) is 0. The van der Waals surface area contributed by atoms with Crippen LogP contribution in [0, 0.1) is 6.92 Å². The SMILES string of the molecule is Cc1ccncc1NC(=O)c1ccc(NN)cc1. The lowest BCUT2D eigenvalue weighted by Gasteiger charge is -2.08. The molecule has 0 unspecified atom stereocenters. The first-order valence-corrected chi connectivity index (χ1v) is 5.49. The van der Waals surface area contributed by atoms with Gasteiger partial charge in [-0.3, -0.25) is 15.6 Å². The number of amides is 1. The Morgan fingerprint density at radius 3 is 2.56 bits per heavy atom. The van der Waals surface area contributed by atoms with Crippen molar-refractivity contribution in [3.63, 3.8) is 0 Å². The number of carbonyl (C=O) groups excluding carboxylic acids is 1. The summed E-state index contributed by atoms with van der Waals surface area (Å²) >= 11 is 0. The summed E-state index contributed by atoms with van der Waals surface area (Å²) in [5.41, 5.74) is 5.51. The molecule has 2 rings (SSSR count). The minimum Gasteiger partial charge on any atom is -0.324 e. The molecule has 0 radical (unpaired) electrons. The summed E-state index contributed by atoms with van der Waals surface area (Å²) in [6.45, 7) is 1.92. The smallest absolute Gasteiger partial charge is 0.255 e. The van der Waals surface area contributed by atoms with Crippen LogP contribution in [0.15, 0.2) is 42.7 Å². The predicted molar refractivity (Wildman–Crippen MR) is 71.2 cm³/mol. The molecule has 1 heterocycles. The minimum atomic E-state index is -0.172. The van der Waals surface area contributed by atoms with Gasteiger partial charge in [-0.05, 0) is 42.8 Å². The van der Waals surface area contributed by atoms with Gasteiger partial charge in [-0.1, -0.05) is 0 Å². The van der Waals surface area contributed by atoms with E-state index in [2.05, 4.69) is 15.7 Å². The monoisotopic (exact) mass is 242 g/mol. The zero-order valence-electron chi connectivity index (χ0n) is 9.97. The van der Waals surface area contributed by atoms with E-state index in [9.17, 15) is 4.79 Å². The van der Waals surface area contributed by atoms with Crippen LogP contribution in [0.2, 0.25) is 0 Å². The zero-order chi connectivity index (χ0) is 13.0. The first-order chi connectivity index (χ1) is 8.70. The van der Waals surface area contributed by atoms with E-state index in [0.29, 0.717) is 11.3 Å². The number of hydrogen-bond acceptors (Lipinski definition) is 4. The summed E-state index contributed by atoms with van der Waals surface area (Å²) in [6, 6.07) is 8.74. The Labute approximate surface area is 105 Å². The number of rotatable bonds is 3. The first-order valence-electron chi connectivity index (χ1n) is 5.49. The highest BCUT2D eigenvalue weighted by atomic mass is 16.1. The third-order valence-corrected chi connectivity index (χ3v) is 2.60. The summed E-state index contributed by atoms with van der Waals surface area (Å²) in [4.78, 5) is 16.0. The summed E-state index contributed by atoms with van der Waals surface area (Å²) in [5.74, 6) is 5.09. The molecule has 0 aliphatic heterocycles. The molecule has 0 fully saturated rings. The van der Waals surface area contributed by atoms with Crippen LogP contribution in [-0.2, 0) is 0 Å². The average molecular weight is 242 g/mol. The van der Waals surface area contributed by atoms with E-state index in [0.717, 1.165) is 11.3 Å². The topological polar surface area (TPSA) is 80.0 Å². The van der Waals surface area contributed by atoms with Crippen molar-refractivity contribution in [2.75, 3.05) is 10.7 Å². The number of carbonyl (C=O) groups is 1. The van der Waals surface area contributed by atoms with Gasteiger partial charge in [0.1, 0.15) is 0 Å². The molecular weight excluding hydrogens is 228 g/mol. The first kappa shape index (κ1) is 12.1. The van der Waals surface area contributed by atoms with Gasteiger partial charge >= 0.3 is 0 Å². The molecule has 92 valence electrons. The maximum atomic E-state index is 12.0. The van der Waals surface area contributed by atoms with E-state index >= 15 is 0 Å². The van der Waals surface area contributed by atoms with Crippen molar-refractivity contribution >= 4 is 17.3 Å². The van der Waals surface area contributed by atoms with Gasteiger partial charge in [0.05, 0.1) is 11.9 Å². The fourth-order valence-electron chi connectivity index (χ4n) is 1.51. The van der Waals surface area contributed by atoms with Crippen molar-refractivity contribution in [3.8, 4) is 0 Å². The highest BCUT2D eigenvalue weighted by Gasteiger charge is 2.07. The van der Waals surface area contributed by atoms with Crippen molar-refractivity contribution < 1.29 is 4.79 Å². The van der Waals surface area contributed by atoms with Crippen LogP contribution in [0.1, 0.15) is 15.9 Å². The number of aromatic nitrogens is 1. The molecule has 2 aromatic rings. The lowest BCUT2D eigenvalue weighted by molar-refractivity contribution is 0.102. The van der Waals surface area contributed by atoms with E-state index in [4.69, 9.17) is 5.84 Å². The van der Waals surface area contributed by atoms with E-state index in [-0.39, 0.29) is 5.91 Å². The van der Waals surface area contributed by atoms with Gasteiger partial charge in [0.15, 0.2) is 0 Å².